The molecule has 0 aliphatic carbocycles. The third-order valence-corrected chi connectivity index (χ3v) is 6.58. The van der Waals surface area contributed by atoms with Crippen molar-refractivity contribution >= 4 is 28.8 Å². The lowest BCUT2D eigenvalue weighted by molar-refractivity contribution is -0.124. The van der Waals surface area contributed by atoms with E-state index in [-0.39, 0.29) is 36.8 Å². The number of nitrogens with one attached hydrogen (secondary N) is 2. The Hall–Kier alpha value is -3.14. The number of carbonyl (C=O) groups excluding carboxylic acids is 2. The van der Waals surface area contributed by atoms with E-state index in [4.69, 9.17) is 0 Å². The maximum atomic E-state index is 13.4. The van der Waals surface area contributed by atoms with Crippen LogP contribution in [0.5, 0.6) is 0 Å². The molecule has 0 spiro atoms. The molecular formula is C25H26F2N4O2S. The molecule has 0 saturated carbocycles. The Balaban J connectivity index is 1.25. The van der Waals surface area contributed by atoms with Crippen molar-refractivity contribution in [2.24, 2.45) is 0 Å². The van der Waals surface area contributed by atoms with Gasteiger partial charge in [-0.3, -0.25) is 19.4 Å². The minimum absolute atomic E-state index is 0.111. The normalized spacial score (nSPS) is 15.6. The summed E-state index contributed by atoms with van der Waals surface area (Å²) in [4.78, 5) is 30.1. The van der Waals surface area contributed by atoms with Gasteiger partial charge in [-0.1, -0.05) is 24.3 Å². The molecule has 34 heavy (non-hydrogen) atoms. The van der Waals surface area contributed by atoms with Crippen LogP contribution in [0, 0.1) is 11.6 Å². The molecule has 1 aliphatic rings. The monoisotopic (exact) mass is 484 g/mol. The zero-order chi connectivity index (χ0) is 23.9. The molecule has 1 aromatic heterocycles. The molecule has 2 heterocycles. The van der Waals surface area contributed by atoms with Gasteiger partial charge in [0.05, 0.1) is 19.1 Å². The number of piperazine rings is 1. The van der Waals surface area contributed by atoms with Gasteiger partial charge < -0.3 is 10.6 Å². The summed E-state index contributed by atoms with van der Waals surface area (Å²) in [5, 5.41) is 7.73. The summed E-state index contributed by atoms with van der Waals surface area (Å²) in [5.74, 6) is -1.03. The van der Waals surface area contributed by atoms with Gasteiger partial charge in [0.1, 0.15) is 11.6 Å². The van der Waals surface area contributed by atoms with Crippen molar-refractivity contribution in [1.29, 1.82) is 0 Å². The third kappa shape index (κ3) is 6.69. The van der Waals surface area contributed by atoms with Crippen LogP contribution in [0.4, 0.5) is 14.5 Å². The zero-order valence-corrected chi connectivity index (χ0v) is 19.4. The predicted molar refractivity (Wildman–Crippen MR) is 129 cm³/mol. The van der Waals surface area contributed by atoms with Gasteiger partial charge in [-0.25, -0.2) is 8.78 Å². The fourth-order valence-corrected chi connectivity index (χ4v) is 4.72. The molecule has 1 saturated heterocycles. The largest absolute Gasteiger partial charge is 0.343 e. The summed E-state index contributed by atoms with van der Waals surface area (Å²) in [5.41, 5.74) is 1.26. The minimum Gasteiger partial charge on any atom is -0.343 e. The van der Waals surface area contributed by atoms with Crippen LogP contribution in [0.3, 0.4) is 0 Å². The van der Waals surface area contributed by atoms with Crippen LogP contribution < -0.4 is 10.6 Å². The van der Waals surface area contributed by atoms with Crippen molar-refractivity contribution in [2.75, 3.05) is 44.6 Å². The average molecular weight is 485 g/mol. The van der Waals surface area contributed by atoms with Crippen LogP contribution in [0.2, 0.25) is 0 Å². The fraction of sp³-hybridized carbons (Fsp3) is 0.280. The first-order valence-electron chi connectivity index (χ1n) is 11.0. The van der Waals surface area contributed by atoms with Crippen LogP contribution in [0.15, 0.2) is 66.0 Å². The summed E-state index contributed by atoms with van der Waals surface area (Å²) in [6.45, 7) is 3.06. The van der Waals surface area contributed by atoms with Gasteiger partial charge in [0.2, 0.25) is 11.8 Å². The maximum absolute atomic E-state index is 13.4. The number of hydrogen-bond acceptors (Lipinski definition) is 5. The van der Waals surface area contributed by atoms with Gasteiger partial charge in [0.25, 0.3) is 0 Å². The number of nitrogens with zero attached hydrogens (tertiary/aromatic N) is 2. The van der Waals surface area contributed by atoms with E-state index in [1.54, 1.807) is 24.3 Å². The van der Waals surface area contributed by atoms with Crippen LogP contribution in [-0.4, -0.2) is 60.9 Å². The first-order valence-corrected chi connectivity index (χ1v) is 11.9. The van der Waals surface area contributed by atoms with Crippen LogP contribution >= 0.6 is 11.3 Å². The number of benzene rings is 2. The first kappa shape index (κ1) is 24.0. The molecule has 3 aromatic rings. The van der Waals surface area contributed by atoms with Crippen molar-refractivity contribution in [2.45, 2.75) is 6.04 Å². The first-order chi connectivity index (χ1) is 16.5. The van der Waals surface area contributed by atoms with E-state index >= 15 is 0 Å². The summed E-state index contributed by atoms with van der Waals surface area (Å²) in [6.07, 6.45) is 0. The van der Waals surface area contributed by atoms with Crippen molar-refractivity contribution in [1.82, 2.24) is 15.1 Å². The Morgan fingerprint density at radius 3 is 2.15 bits per heavy atom. The highest BCUT2D eigenvalue weighted by atomic mass is 32.1. The molecule has 4 rings (SSSR count). The molecule has 178 valence electrons. The van der Waals surface area contributed by atoms with E-state index in [0.29, 0.717) is 31.9 Å². The fourth-order valence-electron chi connectivity index (χ4n) is 3.91. The Kier molecular flexibility index (Phi) is 7.99. The molecule has 2 N–H and O–H groups in total. The second kappa shape index (κ2) is 11.3. The van der Waals surface area contributed by atoms with E-state index in [1.807, 2.05) is 27.3 Å². The molecule has 1 fully saturated rings. The lowest BCUT2D eigenvalue weighted by Crippen LogP contribution is -2.51. The predicted octanol–water partition coefficient (Wildman–Crippen LogP) is 3.49. The maximum Gasteiger partial charge on any atom is 0.238 e. The molecule has 1 aliphatic heterocycles. The van der Waals surface area contributed by atoms with Gasteiger partial charge >= 0.3 is 0 Å². The molecule has 6 nitrogen and oxygen atoms in total. The second-order valence-corrected chi connectivity index (χ2v) is 9.16. The SMILES string of the molecule is O=C(CN1CCN(CC(=O)N[C@@H](c2ccc(F)cc2)c2cccs2)CC1)Nc1cccc(F)c1. The van der Waals surface area contributed by atoms with Gasteiger partial charge in [-0.15, -0.1) is 11.3 Å². The van der Waals surface area contributed by atoms with Crippen molar-refractivity contribution in [3.8, 4) is 0 Å². The summed E-state index contributed by atoms with van der Waals surface area (Å²) in [6, 6.07) is 15.5. The molecule has 2 amide bonds. The molecule has 9 heteroatoms. The van der Waals surface area contributed by atoms with Crippen molar-refractivity contribution < 1.29 is 18.4 Å². The number of thiophene rings is 1. The smallest absolute Gasteiger partial charge is 0.238 e. The standard InChI is InChI=1S/C25H26F2N4O2S/c26-19-8-6-18(7-9-19)25(22-5-2-14-34-22)29-24(33)17-31-12-10-30(11-13-31)16-23(32)28-21-4-1-3-20(27)15-21/h1-9,14-15,25H,10-13,16-17H2,(H,28,32)(H,29,33)/t25-/m0/s1. The minimum atomic E-state index is -0.398. The van der Waals surface area contributed by atoms with E-state index in [2.05, 4.69) is 10.6 Å². The van der Waals surface area contributed by atoms with E-state index in [9.17, 15) is 18.4 Å². The van der Waals surface area contributed by atoms with Crippen molar-refractivity contribution in [3.05, 3.63) is 88.1 Å². The highest BCUT2D eigenvalue weighted by Gasteiger charge is 2.23. The van der Waals surface area contributed by atoms with Crippen LogP contribution in [0.25, 0.3) is 0 Å². The Morgan fingerprint density at radius 1 is 0.853 bits per heavy atom. The van der Waals surface area contributed by atoms with Gasteiger partial charge in [0.15, 0.2) is 0 Å². The second-order valence-electron chi connectivity index (χ2n) is 8.18. The highest BCUT2D eigenvalue weighted by Crippen LogP contribution is 2.26. The number of halogens is 2. The Bertz CT molecular complexity index is 1100. The van der Waals surface area contributed by atoms with E-state index < -0.39 is 5.82 Å². The third-order valence-electron chi connectivity index (χ3n) is 5.64. The van der Waals surface area contributed by atoms with Crippen LogP contribution in [0.1, 0.15) is 16.5 Å². The quantitative estimate of drug-likeness (QED) is 0.514. The lowest BCUT2D eigenvalue weighted by Gasteiger charge is -2.34. The Morgan fingerprint density at radius 2 is 1.53 bits per heavy atom. The number of carbonyl (C=O) groups is 2. The lowest BCUT2D eigenvalue weighted by atomic mass is 10.1. The zero-order valence-electron chi connectivity index (χ0n) is 18.5. The molecular weight excluding hydrogens is 458 g/mol. The molecule has 0 radical (unpaired) electrons. The number of hydrogen-bond donors (Lipinski definition) is 2. The van der Waals surface area contributed by atoms with Crippen LogP contribution in [-0.2, 0) is 9.59 Å². The van der Waals surface area contributed by atoms with Crippen molar-refractivity contribution in [3.63, 3.8) is 0 Å². The van der Waals surface area contributed by atoms with Gasteiger partial charge in [-0.05, 0) is 47.3 Å². The van der Waals surface area contributed by atoms with Gasteiger partial charge in [0, 0.05) is 36.7 Å². The summed E-state index contributed by atoms with van der Waals surface area (Å²) >= 11 is 1.54. The molecule has 1 atom stereocenters. The van der Waals surface area contributed by atoms with E-state index in [1.165, 1.54) is 35.6 Å². The topological polar surface area (TPSA) is 64.7 Å². The summed E-state index contributed by atoms with van der Waals surface area (Å²) < 4.78 is 26.6. The average Bonchev–Trinajstić information content (AvgIpc) is 3.34. The van der Waals surface area contributed by atoms with E-state index in [0.717, 1.165) is 10.4 Å². The highest BCUT2D eigenvalue weighted by molar-refractivity contribution is 7.10. The summed E-state index contributed by atoms with van der Waals surface area (Å²) in [7, 11) is 0. The molecule has 0 bridgehead atoms. The number of rotatable bonds is 8. The van der Waals surface area contributed by atoms with Gasteiger partial charge in [-0.2, -0.15) is 0 Å². The number of anilines is 1. The molecule has 2 aromatic carbocycles. The molecule has 0 unspecified atom stereocenters. The number of amides is 2. The Labute approximate surface area is 201 Å².